The Labute approximate surface area is 115 Å². The molecular weight excluding hydrogens is 234 g/mol. The Balaban J connectivity index is 1.95. The van der Waals surface area contributed by atoms with Crippen LogP contribution in [-0.4, -0.2) is 22.6 Å². The summed E-state index contributed by atoms with van der Waals surface area (Å²) in [7, 11) is 0. The van der Waals surface area contributed by atoms with Gasteiger partial charge in [0.15, 0.2) is 0 Å². The Bertz CT molecular complexity index is 565. The maximum absolute atomic E-state index is 6.10. The van der Waals surface area contributed by atoms with Gasteiger partial charge in [-0.05, 0) is 51.1 Å². The van der Waals surface area contributed by atoms with Crippen molar-refractivity contribution >= 4 is 16.6 Å². The van der Waals surface area contributed by atoms with Crippen molar-refractivity contribution in [2.24, 2.45) is 0 Å². The summed E-state index contributed by atoms with van der Waals surface area (Å²) in [6, 6.07) is 8.50. The van der Waals surface area contributed by atoms with Gasteiger partial charge in [-0.25, -0.2) is 0 Å². The number of hydrogen-bond donors (Lipinski definition) is 1. The first-order valence-electron chi connectivity index (χ1n) is 7.38. The molecule has 0 saturated carbocycles. The van der Waals surface area contributed by atoms with Crippen molar-refractivity contribution in [3.05, 3.63) is 30.0 Å². The monoisotopic (exact) mass is 257 g/mol. The Morgan fingerprint density at radius 2 is 1.95 bits per heavy atom. The normalized spacial score (nSPS) is 17.1. The number of rotatable bonds is 3. The number of aryl methyl sites for hydroxylation is 1. The summed E-state index contributed by atoms with van der Waals surface area (Å²) in [5, 5.41) is 1.20. The maximum Gasteiger partial charge on any atom is 0.0503 e. The van der Waals surface area contributed by atoms with E-state index in [2.05, 4.69) is 34.6 Å². The lowest BCUT2D eigenvalue weighted by Gasteiger charge is -2.26. The van der Waals surface area contributed by atoms with Crippen LogP contribution in [0.4, 0.5) is 5.69 Å². The second-order valence-corrected chi connectivity index (χ2v) is 5.50. The van der Waals surface area contributed by atoms with Crippen LogP contribution in [0, 0.1) is 0 Å². The smallest absolute Gasteiger partial charge is 0.0503 e. The molecule has 1 aliphatic rings. The molecule has 1 fully saturated rings. The van der Waals surface area contributed by atoms with Crippen LogP contribution < -0.4 is 5.73 Å². The molecule has 0 unspecified atom stereocenters. The van der Waals surface area contributed by atoms with Gasteiger partial charge in [-0.3, -0.25) is 4.90 Å². The van der Waals surface area contributed by atoms with Gasteiger partial charge in [0.2, 0.25) is 0 Å². The second-order valence-electron chi connectivity index (χ2n) is 5.50. The number of aromatic nitrogens is 1. The number of piperidine rings is 1. The summed E-state index contributed by atoms with van der Waals surface area (Å²) in [4.78, 5) is 2.57. The Hall–Kier alpha value is -1.48. The summed E-state index contributed by atoms with van der Waals surface area (Å²) in [5.74, 6) is 0. The number of anilines is 1. The number of hydrogen-bond acceptors (Lipinski definition) is 2. The molecule has 1 aliphatic heterocycles. The molecule has 0 spiro atoms. The minimum absolute atomic E-state index is 0.893. The van der Waals surface area contributed by atoms with Gasteiger partial charge in [-0.15, -0.1) is 0 Å². The van der Waals surface area contributed by atoms with Crippen molar-refractivity contribution in [1.29, 1.82) is 0 Å². The van der Waals surface area contributed by atoms with Gasteiger partial charge in [-0.1, -0.05) is 12.5 Å². The predicted molar refractivity (Wildman–Crippen MR) is 81.2 cm³/mol. The van der Waals surface area contributed by atoms with Crippen molar-refractivity contribution in [2.45, 2.75) is 39.3 Å². The molecular formula is C16H23N3. The van der Waals surface area contributed by atoms with Crippen LogP contribution in [0.25, 0.3) is 10.9 Å². The van der Waals surface area contributed by atoms with Crippen LogP contribution >= 0.6 is 0 Å². The number of benzene rings is 1. The number of nitrogens with zero attached hydrogens (tertiary/aromatic N) is 2. The first kappa shape index (κ1) is 12.5. The van der Waals surface area contributed by atoms with E-state index in [1.807, 2.05) is 6.07 Å². The third-order valence-electron chi connectivity index (χ3n) is 4.22. The fraction of sp³-hybridized carbons (Fsp3) is 0.500. The first-order chi connectivity index (χ1) is 9.29. The molecule has 3 nitrogen and oxygen atoms in total. The highest BCUT2D eigenvalue weighted by molar-refractivity contribution is 5.92. The Morgan fingerprint density at radius 1 is 1.16 bits per heavy atom. The molecule has 2 aromatic rings. The Kier molecular flexibility index (Phi) is 3.47. The van der Waals surface area contributed by atoms with E-state index >= 15 is 0 Å². The third-order valence-corrected chi connectivity index (χ3v) is 4.22. The van der Waals surface area contributed by atoms with E-state index < -0.39 is 0 Å². The van der Waals surface area contributed by atoms with Crippen molar-refractivity contribution in [2.75, 3.05) is 18.8 Å². The summed E-state index contributed by atoms with van der Waals surface area (Å²) >= 11 is 0. The van der Waals surface area contributed by atoms with Gasteiger partial charge in [0.25, 0.3) is 0 Å². The maximum atomic E-state index is 6.10. The molecule has 19 heavy (non-hydrogen) atoms. The average molecular weight is 257 g/mol. The van der Waals surface area contributed by atoms with Crippen LogP contribution in [0.15, 0.2) is 24.3 Å². The lowest BCUT2D eigenvalue weighted by Crippen LogP contribution is -2.29. The van der Waals surface area contributed by atoms with Crippen LogP contribution in [-0.2, 0) is 13.1 Å². The summed E-state index contributed by atoms with van der Waals surface area (Å²) in [6.45, 7) is 6.75. The molecule has 0 aliphatic carbocycles. The molecule has 3 rings (SSSR count). The van der Waals surface area contributed by atoms with Gasteiger partial charge in [-0.2, -0.15) is 0 Å². The first-order valence-corrected chi connectivity index (χ1v) is 7.38. The van der Waals surface area contributed by atoms with Gasteiger partial charge in [0.1, 0.15) is 0 Å². The fourth-order valence-corrected chi connectivity index (χ4v) is 3.21. The lowest BCUT2D eigenvalue weighted by molar-refractivity contribution is 0.216. The molecule has 0 amide bonds. The number of fused-ring (bicyclic) bond motifs is 1. The standard InChI is InChI=1S/C16H23N3/c1-2-19-13(12-18-9-4-3-5-10-18)11-14-15(17)7-6-8-16(14)19/h6-8,11H,2-5,9-10,12,17H2,1H3. The van der Waals surface area contributed by atoms with Gasteiger partial charge in [0, 0.05) is 29.9 Å². The van der Waals surface area contributed by atoms with Crippen molar-refractivity contribution in [1.82, 2.24) is 9.47 Å². The SMILES string of the molecule is CCn1c(CN2CCCCC2)cc2c(N)cccc21. The molecule has 0 atom stereocenters. The van der Waals surface area contributed by atoms with E-state index in [9.17, 15) is 0 Å². The molecule has 3 heteroatoms. The topological polar surface area (TPSA) is 34.2 Å². The van der Waals surface area contributed by atoms with Crippen LogP contribution in [0.2, 0.25) is 0 Å². The van der Waals surface area contributed by atoms with Crippen molar-refractivity contribution < 1.29 is 0 Å². The predicted octanol–water partition coefficient (Wildman–Crippen LogP) is 3.23. The minimum atomic E-state index is 0.893. The molecule has 1 aromatic carbocycles. The van der Waals surface area contributed by atoms with Gasteiger partial charge < -0.3 is 10.3 Å². The van der Waals surface area contributed by atoms with Crippen LogP contribution in [0.1, 0.15) is 31.9 Å². The molecule has 2 N–H and O–H groups in total. The zero-order chi connectivity index (χ0) is 13.2. The second kappa shape index (κ2) is 5.25. The molecule has 0 bridgehead atoms. The molecule has 0 radical (unpaired) electrons. The lowest BCUT2D eigenvalue weighted by atomic mass is 10.1. The van der Waals surface area contributed by atoms with E-state index in [1.165, 1.54) is 48.9 Å². The van der Waals surface area contributed by atoms with E-state index in [4.69, 9.17) is 5.73 Å². The summed E-state index contributed by atoms with van der Waals surface area (Å²) < 4.78 is 2.40. The average Bonchev–Trinajstić information content (AvgIpc) is 2.79. The number of nitrogens with two attached hydrogens (primary N) is 1. The van der Waals surface area contributed by atoms with Crippen molar-refractivity contribution in [3.63, 3.8) is 0 Å². The van der Waals surface area contributed by atoms with Gasteiger partial charge >= 0.3 is 0 Å². The van der Waals surface area contributed by atoms with Crippen LogP contribution in [0.3, 0.4) is 0 Å². The molecule has 2 heterocycles. The highest BCUT2D eigenvalue weighted by Crippen LogP contribution is 2.26. The highest BCUT2D eigenvalue weighted by atomic mass is 15.1. The minimum Gasteiger partial charge on any atom is -0.398 e. The highest BCUT2D eigenvalue weighted by Gasteiger charge is 2.15. The molecule has 1 aromatic heterocycles. The van der Waals surface area contributed by atoms with Crippen molar-refractivity contribution in [3.8, 4) is 0 Å². The summed E-state index contributed by atoms with van der Waals surface area (Å²) in [6.07, 6.45) is 4.07. The third kappa shape index (κ3) is 2.35. The zero-order valence-corrected chi connectivity index (χ0v) is 11.7. The number of nitrogen functional groups attached to an aromatic ring is 1. The molecule has 102 valence electrons. The van der Waals surface area contributed by atoms with Crippen LogP contribution in [0.5, 0.6) is 0 Å². The zero-order valence-electron chi connectivity index (χ0n) is 11.7. The van der Waals surface area contributed by atoms with Gasteiger partial charge in [0.05, 0.1) is 5.52 Å². The Morgan fingerprint density at radius 3 is 2.68 bits per heavy atom. The van der Waals surface area contributed by atoms with E-state index in [0.29, 0.717) is 0 Å². The molecule has 1 saturated heterocycles. The van der Waals surface area contributed by atoms with E-state index in [1.54, 1.807) is 0 Å². The quantitative estimate of drug-likeness (QED) is 0.857. The van der Waals surface area contributed by atoms with E-state index in [0.717, 1.165) is 18.8 Å². The number of likely N-dealkylation sites (tertiary alicyclic amines) is 1. The largest absolute Gasteiger partial charge is 0.398 e. The fourth-order valence-electron chi connectivity index (χ4n) is 3.21. The summed E-state index contributed by atoms with van der Waals surface area (Å²) in [5.41, 5.74) is 9.67. The van der Waals surface area contributed by atoms with E-state index in [-0.39, 0.29) is 0 Å².